The average molecular weight is 303 g/mol. The quantitative estimate of drug-likeness (QED) is 0.629. The summed E-state index contributed by atoms with van der Waals surface area (Å²) in [5, 5.41) is 6.04. The highest BCUT2D eigenvalue weighted by Gasteiger charge is 2.20. The fourth-order valence-electron chi connectivity index (χ4n) is 2.58. The predicted molar refractivity (Wildman–Crippen MR) is 90.3 cm³/mol. The molecule has 2 rings (SSSR count). The number of anilines is 1. The Morgan fingerprint density at radius 2 is 1.86 bits per heavy atom. The van der Waals surface area contributed by atoms with Crippen molar-refractivity contribution in [3.05, 3.63) is 30.3 Å². The molecule has 1 aliphatic rings. The molecule has 1 aromatic rings. The summed E-state index contributed by atoms with van der Waals surface area (Å²) in [6, 6.07) is 10.4. The number of carbonyl (C=O) groups is 1. The van der Waals surface area contributed by atoms with Crippen LogP contribution in [-0.4, -0.2) is 63.6 Å². The second-order valence-electron chi connectivity index (χ2n) is 5.20. The van der Waals surface area contributed by atoms with E-state index in [1.807, 2.05) is 23.1 Å². The number of piperazine rings is 1. The molecule has 2 N–H and O–H groups in total. The molecular weight excluding hydrogens is 278 g/mol. The molecule has 0 atom stereocenters. The minimum atomic E-state index is 0.201. The minimum Gasteiger partial charge on any atom is -0.368 e. The summed E-state index contributed by atoms with van der Waals surface area (Å²) in [4.78, 5) is 20.5. The third-order valence-electron chi connectivity index (χ3n) is 3.85. The van der Waals surface area contributed by atoms with Crippen molar-refractivity contribution in [2.75, 3.05) is 51.7 Å². The number of rotatable bonds is 4. The van der Waals surface area contributed by atoms with E-state index in [0.717, 1.165) is 26.2 Å². The first-order chi connectivity index (χ1) is 10.7. The number of amides is 1. The molecule has 1 fully saturated rings. The van der Waals surface area contributed by atoms with E-state index in [4.69, 9.17) is 0 Å². The van der Waals surface area contributed by atoms with Crippen molar-refractivity contribution in [2.24, 2.45) is 4.99 Å². The fraction of sp³-hybridized carbons (Fsp3) is 0.500. The standard InChI is InChI=1S/C16H25N5O/c1-17-16(18-2)19-9-8-15(22)21-12-10-20(11-13-21)14-6-4-3-5-7-14/h3-7H,8-13H2,1-2H3,(H2,17,18,19). The molecule has 6 nitrogen and oxygen atoms in total. The van der Waals surface area contributed by atoms with Gasteiger partial charge in [-0.15, -0.1) is 0 Å². The molecule has 1 aromatic carbocycles. The van der Waals surface area contributed by atoms with E-state index in [9.17, 15) is 4.79 Å². The zero-order chi connectivity index (χ0) is 15.8. The van der Waals surface area contributed by atoms with Gasteiger partial charge in [-0.25, -0.2) is 0 Å². The molecule has 120 valence electrons. The molecule has 1 amide bonds. The van der Waals surface area contributed by atoms with E-state index in [-0.39, 0.29) is 5.91 Å². The third-order valence-corrected chi connectivity index (χ3v) is 3.85. The Morgan fingerprint density at radius 3 is 2.45 bits per heavy atom. The summed E-state index contributed by atoms with van der Waals surface area (Å²) < 4.78 is 0. The zero-order valence-corrected chi connectivity index (χ0v) is 13.4. The molecule has 22 heavy (non-hydrogen) atoms. The summed E-state index contributed by atoms with van der Waals surface area (Å²) in [5.74, 6) is 0.911. The smallest absolute Gasteiger partial charge is 0.224 e. The van der Waals surface area contributed by atoms with Crippen LogP contribution in [0.4, 0.5) is 5.69 Å². The Balaban J connectivity index is 1.73. The second-order valence-corrected chi connectivity index (χ2v) is 5.20. The van der Waals surface area contributed by atoms with Gasteiger partial charge in [-0.2, -0.15) is 0 Å². The van der Waals surface area contributed by atoms with Crippen molar-refractivity contribution in [1.29, 1.82) is 0 Å². The number of para-hydroxylation sites is 1. The Hall–Kier alpha value is -2.24. The lowest BCUT2D eigenvalue weighted by molar-refractivity contribution is -0.131. The van der Waals surface area contributed by atoms with Crippen LogP contribution in [0.5, 0.6) is 0 Å². The maximum Gasteiger partial charge on any atom is 0.224 e. The molecule has 0 radical (unpaired) electrons. The van der Waals surface area contributed by atoms with Gasteiger partial charge in [0.2, 0.25) is 5.91 Å². The molecular formula is C16H25N5O. The Morgan fingerprint density at radius 1 is 1.18 bits per heavy atom. The van der Waals surface area contributed by atoms with Crippen LogP contribution >= 0.6 is 0 Å². The molecule has 0 saturated carbocycles. The van der Waals surface area contributed by atoms with Crippen molar-refractivity contribution in [2.45, 2.75) is 6.42 Å². The molecule has 0 spiro atoms. The van der Waals surface area contributed by atoms with Gasteiger partial charge < -0.3 is 20.4 Å². The summed E-state index contributed by atoms with van der Waals surface area (Å²) in [5.41, 5.74) is 1.23. The second kappa shape index (κ2) is 8.26. The Labute approximate surface area is 132 Å². The first-order valence-electron chi connectivity index (χ1n) is 7.70. The van der Waals surface area contributed by atoms with Crippen molar-refractivity contribution in [1.82, 2.24) is 15.5 Å². The van der Waals surface area contributed by atoms with E-state index in [2.05, 4.69) is 32.7 Å². The highest BCUT2D eigenvalue weighted by atomic mass is 16.2. The van der Waals surface area contributed by atoms with Crippen LogP contribution in [0.2, 0.25) is 0 Å². The normalized spacial score (nSPS) is 15.6. The van der Waals surface area contributed by atoms with Crippen molar-refractivity contribution >= 4 is 17.6 Å². The van der Waals surface area contributed by atoms with Gasteiger partial charge in [0.15, 0.2) is 5.96 Å². The first kappa shape index (κ1) is 16.1. The molecule has 0 aromatic heterocycles. The number of guanidine groups is 1. The number of hydrogen-bond donors (Lipinski definition) is 2. The van der Waals surface area contributed by atoms with Gasteiger partial charge in [0.05, 0.1) is 0 Å². The van der Waals surface area contributed by atoms with Gasteiger partial charge in [0, 0.05) is 58.9 Å². The average Bonchev–Trinajstić information content (AvgIpc) is 2.59. The van der Waals surface area contributed by atoms with Gasteiger partial charge in [-0.1, -0.05) is 18.2 Å². The lowest BCUT2D eigenvalue weighted by atomic mass is 10.2. The van der Waals surface area contributed by atoms with Crippen LogP contribution in [0.1, 0.15) is 6.42 Å². The van der Waals surface area contributed by atoms with Crippen LogP contribution in [-0.2, 0) is 4.79 Å². The van der Waals surface area contributed by atoms with E-state index < -0.39 is 0 Å². The van der Waals surface area contributed by atoms with Gasteiger partial charge in [-0.3, -0.25) is 9.79 Å². The van der Waals surface area contributed by atoms with Crippen molar-refractivity contribution in [3.63, 3.8) is 0 Å². The summed E-state index contributed by atoms with van der Waals surface area (Å²) >= 11 is 0. The maximum atomic E-state index is 12.2. The highest BCUT2D eigenvalue weighted by Crippen LogP contribution is 2.15. The number of nitrogens with one attached hydrogen (secondary N) is 2. The largest absolute Gasteiger partial charge is 0.368 e. The van der Waals surface area contributed by atoms with E-state index >= 15 is 0 Å². The van der Waals surface area contributed by atoms with Crippen LogP contribution in [0.15, 0.2) is 35.3 Å². The Kier molecular flexibility index (Phi) is 6.06. The molecule has 0 aliphatic carbocycles. The van der Waals surface area contributed by atoms with E-state index in [1.54, 1.807) is 14.1 Å². The molecule has 1 saturated heterocycles. The summed E-state index contributed by atoms with van der Waals surface area (Å²) in [6.07, 6.45) is 0.492. The number of nitrogens with zero attached hydrogens (tertiary/aromatic N) is 3. The third kappa shape index (κ3) is 4.38. The number of aliphatic imine (C=N–C) groups is 1. The molecule has 6 heteroatoms. The van der Waals surface area contributed by atoms with Gasteiger partial charge in [0.25, 0.3) is 0 Å². The number of hydrogen-bond acceptors (Lipinski definition) is 3. The molecule has 1 aliphatic heterocycles. The SMILES string of the molecule is CN=C(NC)NCCC(=O)N1CCN(c2ccccc2)CC1. The van der Waals surface area contributed by atoms with Gasteiger partial charge >= 0.3 is 0 Å². The van der Waals surface area contributed by atoms with Crippen LogP contribution in [0.25, 0.3) is 0 Å². The first-order valence-corrected chi connectivity index (χ1v) is 7.70. The molecule has 0 unspecified atom stereocenters. The topological polar surface area (TPSA) is 60.0 Å². The van der Waals surface area contributed by atoms with Crippen LogP contribution < -0.4 is 15.5 Å². The zero-order valence-electron chi connectivity index (χ0n) is 13.4. The number of benzene rings is 1. The van der Waals surface area contributed by atoms with Crippen molar-refractivity contribution in [3.8, 4) is 0 Å². The van der Waals surface area contributed by atoms with Crippen LogP contribution in [0, 0.1) is 0 Å². The Bertz CT molecular complexity index is 495. The highest BCUT2D eigenvalue weighted by molar-refractivity contribution is 5.81. The molecule has 1 heterocycles. The van der Waals surface area contributed by atoms with Gasteiger partial charge in [-0.05, 0) is 12.1 Å². The van der Waals surface area contributed by atoms with Crippen molar-refractivity contribution < 1.29 is 4.79 Å². The lowest BCUT2D eigenvalue weighted by Crippen LogP contribution is -2.49. The van der Waals surface area contributed by atoms with Crippen LogP contribution in [0.3, 0.4) is 0 Å². The molecule has 0 bridgehead atoms. The van der Waals surface area contributed by atoms with Gasteiger partial charge in [0.1, 0.15) is 0 Å². The predicted octanol–water partition coefficient (Wildman–Crippen LogP) is 0.520. The number of carbonyl (C=O) groups excluding carboxylic acids is 1. The minimum absolute atomic E-state index is 0.201. The maximum absolute atomic E-state index is 12.2. The lowest BCUT2D eigenvalue weighted by Gasteiger charge is -2.36. The monoisotopic (exact) mass is 303 g/mol. The summed E-state index contributed by atoms with van der Waals surface area (Å²) in [6.45, 7) is 3.96. The van der Waals surface area contributed by atoms with E-state index in [1.165, 1.54) is 5.69 Å². The van der Waals surface area contributed by atoms with E-state index in [0.29, 0.717) is 18.9 Å². The summed E-state index contributed by atoms with van der Waals surface area (Å²) in [7, 11) is 3.52. The fourth-order valence-corrected chi connectivity index (χ4v) is 2.58.